The van der Waals surface area contributed by atoms with E-state index in [4.69, 9.17) is 9.47 Å². The number of halogens is 6. The zero-order chi connectivity index (χ0) is 45.1. The highest BCUT2D eigenvalue weighted by molar-refractivity contribution is 5.95. The van der Waals surface area contributed by atoms with Crippen molar-refractivity contribution in [2.75, 3.05) is 106 Å². The Hall–Kier alpha value is -5.46. The van der Waals surface area contributed by atoms with Crippen molar-refractivity contribution in [2.24, 2.45) is 11.8 Å². The van der Waals surface area contributed by atoms with Crippen molar-refractivity contribution in [2.45, 2.75) is 44.6 Å². The highest BCUT2D eigenvalue weighted by Gasteiger charge is 2.32. The second-order valence-electron chi connectivity index (χ2n) is 16.4. The van der Waals surface area contributed by atoms with Crippen LogP contribution in [-0.4, -0.2) is 117 Å². The van der Waals surface area contributed by atoms with Crippen LogP contribution in [0.4, 0.5) is 49.4 Å². The number of hydrogen-bond acceptors (Lipinski definition) is 10. The summed E-state index contributed by atoms with van der Waals surface area (Å²) in [7, 11) is 0. The lowest BCUT2D eigenvalue weighted by Gasteiger charge is -2.32. The number of morpholine rings is 2. The van der Waals surface area contributed by atoms with Gasteiger partial charge in [-0.3, -0.25) is 14.5 Å². The molecule has 4 aliphatic heterocycles. The smallest absolute Gasteiger partial charge is 0.384 e. The summed E-state index contributed by atoms with van der Waals surface area (Å²) in [6.07, 6.45) is -2.07. The van der Waals surface area contributed by atoms with Crippen molar-refractivity contribution in [3.8, 4) is 0 Å². The molecule has 64 heavy (non-hydrogen) atoms. The number of alkyl halides is 6. The third-order valence-electron chi connectivity index (χ3n) is 12.0. The Labute approximate surface area is 368 Å². The average molecular weight is 897 g/mol. The van der Waals surface area contributed by atoms with Crippen LogP contribution in [-0.2, 0) is 33.2 Å². The molecule has 4 aromatic rings. The fraction of sp³-hybridized carbons (Fsp3) is 0.478. The van der Waals surface area contributed by atoms with Gasteiger partial charge in [-0.25, -0.2) is 9.97 Å². The maximum Gasteiger partial charge on any atom is 0.416 e. The number of amides is 2. The number of hydrogen-bond donors (Lipinski definition) is 2. The minimum atomic E-state index is -4.44. The maximum absolute atomic E-state index is 12.7. The van der Waals surface area contributed by atoms with Crippen LogP contribution in [0.5, 0.6) is 0 Å². The number of carbonyl (C=O) groups is 2. The zero-order valence-electron chi connectivity index (χ0n) is 35.5. The van der Waals surface area contributed by atoms with E-state index in [1.807, 2.05) is 18.3 Å². The van der Waals surface area contributed by atoms with Crippen LogP contribution >= 0.6 is 0 Å². The second-order valence-corrected chi connectivity index (χ2v) is 16.4. The van der Waals surface area contributed by atoms with E-state index in [0.717, 1.165) is 107 Å². The van der Waals surface area contributed by atoms with Gasteiger partial charge in [0.15, 0.2) is 0 Å². The average Bonchev–Trinajstić information content (AvgIpc) is 3.32. The van der Waals surface area contributed by atoms with E-state index in [0.29, 0.717) is 57.3 Å². The van der Waals surface area contributed by atoms with Crippen LogP contribution in [0, 0.1) is 11.8 Å². The van der Waals surface area contributed by atoms with Gasteiger partial charge in [0.25, 0.3) is 5.91 Å². The minimum Gasteiger partial charge on any atom is -0.384 e. The fourth-order valence-corrected chi connectivity index (χ4v) is 8.15. The number of anilines is 4. The van der Waals surface area contributed by atoms with Crippen molar-refractivity contribution in [3.63, 3.8) is 0 Å². The van der Waals surface area contributed by atoms with Crippen LogP contribution in [0.3, 0.4) is 0 Å². The Morgan fingerprint density at radius 3 is 1.59 bits per heavy atom. The molecular formula is C46H54F6N8O4. The summed E-state index contributed by atoms with van der Waals surface area (Å²) >= 11 is 0. The molecule has 0 unspecified atom stereocenters. The van der Waals surface area contributed by atoms with Gasteiger partial charge >= 0.3 is 12.4 Å². The van der Waals surface area contributed by atoms with Gasteiger partial charge in [0, 0.05) is 63.8 Å². The molecule has 18 heteroatoms. The van der Waals surface area contributed by atoms with Crippen LogP contribution < -0.4 is 20.4 Å². The van der Waals surface area contributed by atoms with Gasteiger partial charge in [0.1, 0.15) is 11.6 Å². The maximum atomic E-state index is 12.7. The number of piperidine rings is 2. The normalized spacial score (nSPS) is 18.2. The first-order chi connectivity index (χ1) is 30.8. The van der Waals surface area contributed by atoms with Crippen LogP contribution in [0.15, 0.2) is 85.2 Å². The predicted octanol–water partition coefficient (Wildman–Crippen LogP) is 7.69. The van der Waals surface area contributed by atoms with Gasteiger partial charge in [-0.2, -0.15) is 26.3 Å². The molecule has 0 saturated carbocycles. The molecule has 12 nitrogen and oxygen atoms in total. The summed E-state index contributed by atoms with van der Waals surface area (Å²) in [5.41, 5.74) is 1.40. The van der Waals surface area contributed by atoms with E-state index in [-0.39, 0.29) is 23.3 Å². The molecule has 8 rings (SSSR count). The number of aromatic nitrogens is 2. The molecule has 4 saturated heterocycles. The SMILES string of the molecule is FC(F)(F)c1ccc(CN2CCC(CNc3ccc(N4CCOCC4)nc3)CC2)cc1.O=C(Nc1ccc(N2CCOCC2)nc1)C1CCN(C(=O)c2ccc(C(F)(F)F)cc2)CC1. The van der Waals surface area contributed by atoms with Crippen molar-refractivity contribution >= 4 is 34.8 Å². The Morgan fingerprint density at radius 2 is 1.11 bits per heavy atom. The summed E-state index contributed by atoms with van der Waals surface area (Å²) < 4.78 is 86.9. The first-order valence-corrected chi connectivity index (χ1v) is 21.8. The third-order valence-corrected chi connectivity index (χ3v) is 12.0. The van der Waals surface area contributed by atoms with Gasteiger partial charge in [-0.05, 0) is 111 Å². The summed E-state index contributed by atoms with van der Waals surface area (Å²) in [6, 6.07) is 17.5. The second kappa shape index (κ2) is 21.5. The highest BCUT2D eigenvalue weighted by atomic mass is 19.4. The fourth-order valence-electron chi connectivity index (χ4n) is 8.15. The number of nitrogens with zero attached hydrogens (tertiary/aromatic N) is 6. The molecule has 2 aromatic heterocycles. The number of ether oxygens (including phenoxy) is 2. The zero-order valence-corrected chi connectivity index (χ0v) is 35.5. The van der Waals surface area contributed by atoms with E-state index in [1.54, 1.807) is 23.2 Å². The van der Waals surface area contributed by atoms with E-state index >= 15 is 0 Å². The summed E-state index contributed by atoms with van der Waals surface area (Å²) in [5.74, 6) is 1.71. The largest absolute Gasteiger partial charge is 0.416 e. The van der Waals surface area contributed by atoms with Gasteiger partial charge in [0.2, 0.25) is 5.91 Å². The number of pyridine rings is 2. The summed E-state index contributed by atoms with van der Waals surface area (Å²) in [6.45, 7) is 10.4. The minimum absolute atomic E-state index is 0.127. The molecule has 2 N–H and O–H groups in total. The van der Waals surface area contributed by atoms with E-state index < -0.39 is 23.5 Å². The molecular weight excluding hydrogens is 843 g/mol. The molecule has 6 heterocycles. The van der Waals surface area contributed by atoms with Gasteiger partial charge in [-0.1, -0.05) is 12.1 Å². The molecule has 2 amide bonds. The lowest BCUT2D eigenvalue weighted by Crippen LogP contribution is -2.41. The van der Waals surface area contributed by atoms with Gasteiger partial charge in [0.05, 0.1) is 61.3 Å². The number of nitrogens with one attached hydrogen (secondary N) is 2. The van der Waals surface area contributed by atoms with Gasteiger partial charge in [-0.15, -0.1) is 0 Å². The number of carbonyl (C=O) groups excluding carboxylic acids is 2. The van der Waals surface area contributed by atoms with Crippen molar-refractivity contribution < 1.29 is 45.4 Å². The summed E-state index contributed by atoms with van der Waals surface area (Å²) in [4.78, 5) is 42.5. The Balaban J connectivity index is 0.000000192. The van der Waals surface area contributed by atoms with Crippen molar-refractivity contribution in [1.29, 1.82) is 0 Å². The molecule has 0 radical (unpaired) electrons. The molecule has 2 aromatic carbocycles. The molecule has 4 aliphatic rings. The Kier molecular flexibility index (Phi) is 15.6. The van der Waals surface area contributed by atoms with E-state index in [9.17, 15) is 35.9 Å². The molecule has 0 spiro atoms. The molecule has 0 aliphatic carbocycles. The molecule has 344 valence electrons. The first kappa shape index (κ1) is 46.5. The Morgan fingerprint density at radius 1 is 0.609 bits per heavy atom. The number of benzene rings is 2. The molecule has 0 bridgehead atoms. The third kappa shape index (κ3) is 13.1. The van der Waals surface area contributed by atoms with Crippen LogP contribution in [0.1, 0.15) is 52.7 Å². The van der Waals surface area contributed by atoms with Crippen LogP contribution in [0.2, 0.25) is 0 Å². The standard InChI is InChI=1S/C23H25F3N4O3.C23H29F3N4O/c24-23(25,26)18-3-1-17(2-4-18)22(32)30-9-7-16(8-10-30)21(31)28-19-5-6-20(27-15-19)29-11-13-33-14-12-29;24-23(25,26)20-3-1-19(2-4-20)17-29-9-7-18(8-10-29)15-27-21-5-6-22(28-16-21)30-11-13-31-14-12-30/h1-6,15-16H,7-14H2,(H,28,31);1-6,16,18,27H,7-15,17H2. The topological polar surface area (TPSA) is 115 Å². The van der Waals surface area contributed by atoms with Gasteiger partial charge < -0.3 is 34.8 Å². The monoisotopic (exact) mass is 896 g/mol. The predicted molar refractivity (Wildman–Crippen MR) is 231 cm³/mol. The molecule has 4 fully saturated rings. The lowest BCUT2D eigenvalue weighted by atomic mass is 9.95. The quantitative estimate of drug-likeness (QED) is 0.154. The number of rotatable bonds is 10. The summed E-state index contributed by atoms with van der Waals surface area (Å²) in [5, 5.41) is 6.38. The lowest BCUT2D eigenvalue weighted by molar-refractivity contribution is -0.138. The number of likely N-dealkylation sites (tertiary alicyclic amines) is 2. The highest BCUT2D eigenvalue weighted by Crippen LogP contribution is 2.31. The Bertz CT molecular complexity index is 2080. The van der Waals surface area contributed by atoms with Crippen molar-refractivity contribution in [1.82, 2.24) is 19.8 Å². The molecule has 0 atom stereocenters. The van der Waals surface area contributed by atoms with Crippen LogP contribution in [0.25, 0.3) is 0 Å². The van der Waals surface area contributed by atoms with Crippen molar-refractivity contribution in [3.05, 3.63) is 107 Å². The first-order valence-electron chi connectivity index (χ1n) is 21.8. The van der Waals surface area contributed by atoms with E-state index in [2.05, 4.69) is 47.4 Å². The van der Waals surface area contributed by atoms with E-state index in [1.165, 1.54) is 24.3 Å².